The molecule has 1 N–H and O–H groups in total. The van der Waals surface area contributed by atoms with Gasteiger partial charge in [0.25, 0.3) is 0 Å². The summed E-state index contributed by atoms with van der Waals surface area (Å²) >= 11 is 0. The van der Waals surface area contributed by atoms with E-state index in [1.807, 2.05) is 0 Å². The number of aliphatic hydroxyl groups excluding tert-OH is 1. The summed E-state index contributed by atoms with van der Waals surface area (Å²) in [6.45, 7) is 18.0. The van der Waals surface area contributed by atoms with Gasteiger partial charge in [-0.1, -0.05) is 52.8 Å². The van der Waals surface area contributed by atoms with Gasteiger partial charge in [0, 0.05) is 17.2 Å². The van der Waals surface area contributed by atoms with Crippen LogP contribution in [0.15, 0.2) is 37.0 Å². The molecule has 0 saturated carbocycles. The maximum absolute atomic E-state index is 10.8. The quantitative estimate of drug-likeness (QED) is 0.312. The van der Waals surface area contributed by atoms with Gasteiger partial charge >= 0.3 is 17.9 Å². The van der Waals surface area contributed by atoms with E-state index in [-0.39, 0.29) is 25.2 Å². The van der Waals surface area contributed by atoms with Gasteiger partial charge in [0.1, 0.15) is 6.61 Å². The first-order chi connectivity index (χ1) is 13.6. The minimum atomic E-state index is -0.455. The summed E-state index contributed by atoms with van der Waals surface area (Å²) < 4.78 is 13.7. The molecule has 0 aliphatic heterocycles. The molecular weight excluding hydrogens is 376 g/mol. The minimum absolute atomic E-state index is 0.0473. The molecule has 7 nitrogen and oxygen atoms in total. The second-order valence-electron chi connectivity index (χ2n) is 6.16. The number of carbonyl (C=O) groups is 3. The average Bonchev–Trinajstić information content (AvgIpc) is 2.71. The molecule has 0 fully saturated rings. The van der Waals surface area contributed by atoms with E-state index in [1.165, 1.54) is 26.0 Å². The fraction of sp³-hybridized carbons (Fsp3) is 0.591. The molecule has 0 aromatic heterocycles. The van der Waals surface area contributed by atoms with E-state index >= 15 is 0 Å². The summed E-state index contributed by atoms with van der Waals surface area (Å²) in [5, 5.41) is 8.19. The van der Waals surface area contributed by atoms with Crippen molar-refractivity contribution in [2.75, 3.05) is 26.9 Å². The van der Waals surface area contributed by atoms with Crippen LogP contribution >= 0.6 is 0 Å². The summed E-state index contributed by atoms with van der Waals surface area (Å²) in [5.41, 5.74) is 0.783. The van der Waals surface area contributed by atoms with Crippen LogP contribution in [0.4, 0.5) is 0 Å². The molecule has 1 atom stereocenters. The van der Waals surface area contributed by atoms with Crippen molar-refractivity contribution in [2.45, 2.75) is 53.4 Å². The lowest BCUT2D eigenvalue weighted by molar-refractivity contribution is -0.140. The lowest BCUT2D eigenvalue weighted by Crippen LogP contribution is -2.12. The van der Waals surface area contributed by atoms with Crippen molar-refractivity contribution >= 4 is 17.9 Å². The van der Waals surface area contributed by atoms with Crippen LogP contribution in [0.25, 0.3) is 0 Å². The highest BCUT2D eigenvalue weighted by molar-refractivity contribution is 5.87. The molecule has 29 heavy (non-hydrogen) atoms. The molecule has 0 aliphatic carbocycles. The second kappa shape index (κ2) is 21.9. The SMILES string of the molecule is C=C(C)C(=O)OC.C=C(C)C(=O)OCCO.C=CC(=O)OCC(CC)CCCC. The Morgan fingerprint density at radius 2 is 1.59 bits per heavy atom. The summed E-state index contributed by atoms with van der Waals surface area (Å²) in [5.74, 6) is -0.595. The van der Waals surface area contributed by atoms with Crippen LogP contribution < -0.4 is 0 Å². The Morgan fingerprint density at radius 3 is 1.90 bits per heavy atom. The predicted molar refractivity (Wildman–Crippen MR) is 114 cm³/mol. The Hall–Kier alpha value is -2.41. The van der Waals surface area contributed by atoms with Crippen molar-refractivity contribution < 1.29 is 33.7 Å². The summed E-state index contributed by atoms with van der Waals surface area (Å²) in [4.78, 5) is 31.4. The monoisotopic (exact) mass is 414 g/mol. The van der Waals surface area contributed by atoms with Crippen molar-refractivity contribution in [1.82, 2.24) is 0 Å². The maximum atomic E-state index is 10.8. The van der Waals surface area contributed by atoms with E-state index in [0.717, 1.165) is 12.8 Å². The zero-order valence-corrected chi connectivity index (χ0v) is 18.6. The molecule has 0 radical (unpaired) electrons. The Bertz CT molecular complexity index is 509. The number of rotatable bonds is 11. The topological polar surface area (TPSA) is 99.1 Å². The Labute approximate surface area is 175 Å². The second-order valence-corrected chi connectivity index (χ2v) is 6.16. The molecule has 0 rings (SSSR count). The van der Waals surface area contributed by atoms with E-state index in [0.29, 0.717) is 23.7 Å². The van der Waals surface area contributed by atoms with Gasteiger partial charge in [-0.05, 0) is 26.2 Å². The molecule has 0 aromatic carbocycles. The molecule has 0 bridgehead atoms. The highest BCUT2D eigenvalue weighted by Crippen LogP contribution is 2.12. The summed E-state index contributed by atoms with van der Waals surface area (Å²) in [6.07, 6.45) is 5.85. The molecule has 0 aromatic rings. The van der Waals surface area contributed by atoms with Crippen molar-refractivity contribution in [3.63, 3.8) is 0 Å². The van der Waals surface area contributed by atoms with Gasteiger partial charge in [-0.3, -0.25) is 0 Å². The number of aliphatic hydroxyl groups is 1. The molecule has 0 aliphatic rings. The van der Waals surface area contributed by atoms with E-state index < -0.39 is 5.97 Å². The molecule has 1 unspecified atom stereocenters. The first-order valence-corrected chi connectivity index (χ1v) is 9.57. The molecule has 0 spiro atoms. The van der Waals surface area contributed by atoms with Crippen molar-refractivity contribution in [3.8, 4) is 0 Å². The number of hydrogen-bond acceptors (Lipinski definition) is 7. The number of carbonyl (C=O) groups excluding carboxylic acids is 3. The van der Waals surface area contributed by atoms with Gasteiger partial charge in [-0.2, -0.15) is 0 Å². The van der Waals surface area contributed by atoms with Crippen LogP contribution in [-0.2, 0) is 28.6 Å². The molecule has 0 amide bonds. The molecule has 168 valence electrons. The van der Waals surface area contributed by atoms with Gasteiger partial charge < -0.3 is 19.3 Å². The number of esters is 3. The third-order valence-corrected chi connectivity index (χ3v) is 3.38. The number of ether oxygens (including phenoxy) is 3. The van der Waals surface area contributed by atoms with Gasteiger partial charge in [0.05, 0.1) is 20.3 Å². The molecule has 0 saturated heterocycles. The zero-order chi connectivity index (χ0) is 23.2. The van der Waals surface area contributed by atoms with E-state index in [1.54, 1.807) is 13.8 Å². The van der Waals surface area contributed by atoms with Crippen molar-refractivity contribution in [2.24, 2.45) is 5.92 Å². The fourth-order valence-corrected chi connectivity index (χ4v) is 1.59. The first-order valence-electron chi connectivity index (χ1n) is 9.57. The zero-order valence-electron chi connectivity index (χ0n) is 18.6. The van der Waals surface area contributed by atoms with Gasteiger partial charge in [-0.15, -0.1) is 0 Å². The first kappa shape index (κ1) is 31.3. The summed E-state index contributed by atoms with van der Waals surface area (Å²) in [7, 11) is 1.33. The van der Waals surface area contributed by atoms with Crippen LogP contribution in [0, 0.1) is 5.92 Å². The Balaban J connectivity index is -0.000000370. The number of hydrogen-bond donors (Lipinski definition) is 1. The van der Waals surface area contributed by atoms with Crippen molar-refractivity contribution in [3.05, 3.63) is 37.0 Å². The largest absolute Gasteiger partial charge is 0.466 e. The molecule has 7 heteroatoms. The Morgan fingerprint density at radius 1 is 1.03 bits per heavy atom. The van der Waals surface area contributed by atoms with Crippen LogP contribution in [0.1, 0.15) is 53.4 Å². The van der Waals surface area contributed by atoms with E-state index in [9.17, 15) is 14.4 Å². The smallest absolute Gasteiger partial charge is 0.333 e. The highest BCUT2D eigenvalue weighted by atomic mass is 16.5. The summed E-state index contributed by atoms with van der Waals surface area (Å²) in [6, 6.07) is 0. The molecular formula is C22H38O7. The molecule has 0 heterocycles. The van der Waals surface area contributed by atoms with E-state index in [2.05, 4.69) is 43.1 Å². The third-order valence-electron chi connectivity index (χ3n) is 3.38. The Kier molecular flexibility index (Phi) is 23.6. The minimum Gasteiger partial charge on any atom is -0.466 e. The van der Waals surface area contributed by atoms with Gasteiger partial charge in [0.2, 0.25) is 0 Å². The number of methoxy groups -OCH3 is 1. The predicted octanol–water partition coefficient (Wildman–Crippen LogP) is 3.77. The standard InChI is InChI=1S/C11H20O2.C6H10O3.C5H8O2/c1-4-7-8-10(5-2)9-13-11(12)6-3;1-5(2)6(8)9-4-3-7;1-4(2)5(6)7-3/h6,10H,3-5,7-9H2,1-2H3;7H,1,3-4H2,2H3;1H2,2-3H3. The third kappa shape index (κ3) is 23.6. The van der Waals surface area contributed by atoms with Gasteiger partial charge in [-0.25, -0.2) is 14.4 Å². The van der Waals surface area contributed by atoms with Gasteiger partial charge in [0.15, 0.2) is 0 Å². The maximum Gasteiger partial charge on any atom is 0.333 e. The lowest BCUT2D eigenvalue weighted by Gasteiger charge is -2.13. The van der Waals surface area contributed by atoms with Crippen molar-refractivity contribution in [1.29, 1.82) is 0 Å². The highest BCUT2D eigenvalue weighted by Gasteiger charge is 2.07. The normalized spacial score (nSPS) is 10.0. The van der Waals surface area contributed by atoms with Crippen LogP contribution in [0.2, 0.25) is 0 Å². The average molecular weight is 415 g/mol. The number of unbranched alkanes of at least 4 members (excludes halogenated alkanes) is 1. The van der Waals surface area contributed by atoms with Crippen LogP contribution in [0.5, 0.6) is 0 Å². The van der Waals surface area contributed by atoms with E-state index in [4.69, 9.17) is 9.84 Å². The fourth-order valence-electron chi connectivity index (χ4n) is 1.59. The van der Waals surface area contributed by atoms with Crippen LogP contribution in [0.3, 0.4) is 0 Å². The lowest BCUT2D eigenvalue weighted by atomic mass is 10.0. The van der Waals surface area contributed by atoms with Crippen LogP contribution in [-0.4, -0.2) is 49.9 Å².